The van der Waals surface area contributed by atoms with Gasteiger partial charge in [-0.3, -0.25) is 9.78 Å². The Labute approximate surface area is 228 Å². The number of carbonyl (C=O) groups is 2. The highest BCUT2D eigenvalue weighted by Gasteiger charge is 2.31. The predicted octanol–water partition coefficient (Wildman–Crippen LogP) is 7.12. The number of ether oxygens (including phenoxy) is 1. The molecule has 3 aromatic rings. The van der Waals surface area contributed by atoms with Crippen LogP contribution in [0.1, 0.15) is 44.0 Å². The van der Waals surface area contributed by atoms with E-state index >= 15 is 0 Å². The number of rotatable bonds is 6. The lowest BCUT2D eigenvalue weighted by Gasteiger charge is -2.09. The molecule has 0 fully saturated rings. The van der Waals surface area contributed by atoms with Crippen molar-refractivity contribution >= 4 is 24.2 Å². The van der Waals surface area contributed by atoms with Gasteiger partial charge in [0.1, 0.15) is 0 Å². The van der Waals surface area contributed by atoms with Crippen LogP contribution in [0.2, 0.25) is 0 Å². The summed E-state index contributed by atoms with van der Waals surface area (Å²) in [4.78, 5) is 29.1. The van der Waals surface area contributed by atoms with Crippen molar-refractivity contribution in [3.63, 3.8) is 0 Å². The Balaban J connectivity index is 0.000000389. The number of esters is 1. The summed E-state index contributed by atoms with van der Waals surface area (Å²) in [6, 6.07) is 12.1. The Bertz CT molecular complexity index is 1240. The number of methoxy groups -OCH3 is 1. The zero-order valence-corrected chi connectivity index (χ0v) is 22.3. The molecule has 0 spiro atoms. The van der Waals surface area contributed by atoms with Crippen LogP contribution in [0, 0.1) is 6.92 Å². The van der Waals surface area contributed by atoms with Crippen molar-refractivity contribution in [3.8, 4) is 11.3 Å². The molecule has 12 heteroatoms. The van der Waals surface area contributed by atoms with E-state index in [4.69, 9.17) is 0 Å². The number of benzene rings is 2. The number of carbonyl (C=O) groups excluding carboxylic acids is 2. The van der Waals surface area contributed by atoms with Gasteiger partial charge in [-0.1, -0.05) is 24.3 Å². The fourth-order valence-corrected chi connectivity index (χ4v) is 3.19. The molecule has 1 aromatic heterocycles. The maximum absolute atomic E-state index is 12.5. The zero-order chi connectivity index (χ0) is 28.7. The van der Waals surface area contributed by atoms with E-state index in [1.165, 1.54) is 31.4 Å². The maximum atomic E-state index is 12.5. The normalized spacial score (nSPS) is 11.3. The molecule has 1 heterocycles. The van der Waals surface area contributed by atoms with Crippen molar-refractivity contribution in [1.29, 1.82) is 0 Å². The first kappa shape index (κ1) is 33.6. The third kappa shape index (κ3) is 9.99. The third-order valence-corrected chi connectivity index (χ3v) is 5.32. The molecule has 212 valence electrons. The van der Waals surface area contributed by atoms with Crippen LogP contribution in [0.15, 0.2) is 60.7 Å². The van der Waals surface area contributed by atoms with Crippen LogP contribution in [0.4, 0.5) is 26.3 Å². The number of nitrogens with zero attached hydrogens (tertiary/aromatic N) is 2. The highest BCUT2D eigenvalue weighted by Crippen LogP contribution is 2.31. The highest BCUT2D eigenvalue weighted by atomic mass is 35.5. The van der Waals surface area contributed by atoms with Gasteiger partial charge in [0.15, 0.2) is 5.78 Å². The first-order chi connectivity index (χ1) is 17.6. The van der Waals surface area contributed by atoms with E-state index in [2.05, 4.69) is 9.72 Å². The van der Waals surface area contributed by atoms with Crippen LogP contribution in [0.3, 0.4) is 0 Å². The molecule has 39 heavy (non-hydrogen) atoms. The molecular weight excluding hydrogens is 550 g/mol. The molecular formula is C27H27ClF6N2O3. The Morgan fingerprint density at radius 2 is 1.31 bits per heavy atom. The number of hydrogen-bond donors (Lipinski definition) is 0. The highest BCUT2D eigenvalue weighted by molar-refractivity contribution is 5.96. The van der Waals surface area contributed by atoms with Gasteiger partial charge in [0, 0.05) is 24.1 Å². The predicted molar refractivity (Wildman–Crippen MR) is 137 cm³/mol. The number of pyridine rings is 1. The number of aryl methyl sites for hydroxylation is 1. The molecule has 0 N–H and O–H groups in total. The van der Waals surface area contributed by atoms with Gasteiger partial charge < -0.3 is 9.64 Å². The summed E-state index contributed by atoms with van der Waals surface area (Å²) in [6.45, 7) is 2.22. The molecule has 0 saturated heterocycles. The van der Waals surface area contributed by atoms with E-state index in [1.807, 2.05) is 19.0 Å². The number of hydrogen-bond acceptors (Lipinski definition) is 5. The van der Waals surface area contributed by atoms with Gasteiger partial charge in [-0.15, -0.1) is 12.4 Å². The third-order valence-electron chi connectivity index (χ3n) is 5.32. The van der Waals surface area contributed by atoms with E-state index in [9.17, 15) is 35.9 Å². The lowest BCUT2D eigenvalue weighted by molar-refractivity contribution is -0.138. The molecule has 0 atom stereocenters. The SMILES string of the molecule is CN(C)CCC(=O)c1ccc(C(F)(F)F)cc1.COC(=O)c1ccc(-c2ccc(C(F)(F)F)cc2)nc1C.Cl. The second-order valence-electron chi connectivity index (χ2n) is 8.45. The minimum atomic E-state index is -4.36. The average molecular weight is 577 g/mol. The average Bonchev–Trinajstić information content (AvgIpc) is 2.86. The topological polar surface area (TPSA) is 59.5 Å². The van der Waals surface area contributed by atoms with E-state index < -0.39 is 29.4 Å². The van der Waals surface area contributed by atoms with Crippen LogP contribution < -0.4 is 0 Å². The number of ketones is 1. The van der Waals surface area contributed by atoms with Crippen molar-refractivity contribution in [2.24, 2.45) is 0 Å². The van der Waals surface area contributed by atoms with Gasteiger partial charge in [-0.05, 0) is 57.4 Å². The molecule has 0 aliphatic carbocycles. The quantitative estimate of drug-likeness (QED) is 0.178. The minimum absolute atomic E-state index is 0. The molecule has 0 saturated carbocycles. The largest absolute Gasteiger partial charge is 0.465 e. The molecule has 0 aliphatic rings. The molecule has 0 aliphatic heterocycles. The molecule has 5 nitrogen and oxygen atoms in total. The lowest BCUT2D eigenvalue weighted by atomic mass is 10.1. The Morgan fingerprint density at radius 3 is 1.72 bits per heavy atom. The van der Waals surface area contributed by atoms with E-state index in [0.717, 1.165) is 24.3 Å². The van der Waals surface area contributed by atoms with Gasteiger partial charge in [0.25, 0.3) is 0 Å². The number of aromatic nitrogens is 1. The summed E-state index contributed by atoms with van der Waals surface area (Å²) in [6.07, 6.45) is -8.42. The number of alkyl halides is 6. The first-order valence-corrected chi connectivity index (χ1v) is 11.2. The summed E-state index contributed by atoms with van der Waals surface area (Å²) in [5.41, 5.74) is 0.694. The first-order valence-electron chi connectivity index (χ1n) is 11.2. The summed E-state index contributed by atoms with van der Waals surface area (Å²) in [5.74, 6) is -0.647. The van der Waals surface area contributed by atoms with Crippen molar-refractivity contribution in [2.45, 2.75) is 25.7 Å². The Kier molecular flexibility index (Phi) is 12.1. The second kappa shape index (κ2) is 14.1. The molecule has 2 aromatic carbocycles. The van der Waals surface area contributed by atoms with Gasteiger partial charge in [0.2, 0.25) is 0 Å². The standard InChI is InChI=1S/C15H12F3NO2.C12H14F3NO.ClH/c1-9-12(14(20)21-2)7-8-13(19-9)10-3-5-11(6-4-10)15(16,17)18;1-16(2)8-7-11(17)9-3-5-10(6-4-9)12(13,14)15;/h3-8H,1-2H3;3-6H,7-8H2,1-2H3;1H. The van der Waals surface area contributed by atoms with Crippen molar-refractivity contribution in [1.82, 2.24) is 9.88 Å². The van der Waals surface area contributed by atoms with Crippen LogP contribution in [0.5, 0.6) is 0 Å². The van der Waals surface area contributed by atoms with Crippen LogP contribution in [-0.2, 0) is 17.1 Å². The second-order valence-corrected chi connectivity index (χ2v) is 8.45. The van der Waals surface area contributed by atoms with E-state index in [0.29, 0.717) is 41.0 Å². The number of Topliss-reactive ketones (excluding diaryl/α,β-unsaturated/α-hetero) is 1. The fourth-order valence-electron chi connectivity index (χ4n) is 3.19. The number of halogens is 7. The summed E-state index contributed by atoms with van der Waals surface area (Å²) < 4.78 is 79.0. The fraction of sp³-hybridized carbons (Fsp3) is 0.296. The molecule has 0 radical (unpaired) electrons. The Hall–Kier alpha value is -3.44. The molecule has 3 rings (SSSR count). The van der Waals surface area contributed by atoms with Gasteiger partial charge in [-0.2, -0.15) is 26.3 Å². The molecule has 0 amide bonds. The molecule has 0 bridgehead atoms. The van der Waals surface area contributed by atoms with E-state index in [-0.39, 0.29) is 18.2 Å². The molecule has 0 unspecified atom stereocenters. The smallest absolute Gasteiger partial charge is 0.416 e. The van der Waals surface area contributed by atoms with E-state index in [1.54, 1.807) is 19.1 Å². The monoisotopic (exact) mass is 576 g/mol. The van der Waals surface area contributed by atoms with Crippen molar-refractivity contribution in [2.75, 3.05) is 27.7 Å². The summed E-state index contributed by atoms with van der Waals surface area (Å²) >= 11 is 0. The maximum Gasteiger partial charge on any atom is 0.416 e. The van der Waals surface area contributed by atoms with Gasteiger partial charge >= 0.3 is 18.3 Å². The van der Waals surface area contributed by atoms with Gasteiger partial charge in [-0.25, -0.2) is 4.79 Å². The van der Waals surface area contributed by atoms with Crippen LogP contribution >= 0.6 is 12.4 Å². The van der Waals surface area contributed by atoms with Crippen molar-refractivity contribution < 1.29 is 40.7 Å². The van der Waals surface area contributed by atoms with Crippen LogP contribution in [-0.4, -0.2) is 49.4 Å². The Morgan fingerprint density at radius 1 is 0.821 bits per heavy atom. The van der Waals surface area contributed by atoms with Crippen molar-refractivity contribution in [3.05, 3.63) is 88.6 Å². The summed E-state index contributed by atoms with van der Waals surface area (Å²) in [7, 11) is 4.94. The lowest BCUT2D eigenvalue weighted by Crippen LogP contribution is -2.16. The minimum Gasteiger partial charge on any atom is -0.465 e. The zero-order valence-electron chi connectivity index (χ0n) is 21.5. The van der Waals surface area contributed by atoms with Crippen LogP contribution in [0.25, 0.3) is 11.3 Å². The summed E-state index contributed by atoms with van der Waals surface area (Å²) in [5, 5.41) is 0. The van der Waals surface area contributed by atoms with Gasteiger partial charge in [0.05, 0.1) is 35.2 Å².